The molecule has 0 bridgehead atoms. The third-order valence-electron chi connectivity index (χ3n) is 2.56. The molecule has 0 aliphatic rings. The van der Waals surface area contributed by atoms with Gasteiger partial charge in [-0.05, 0) is 30.7 Å². The van der Waals surface area contributed by atoms with Gasteiger partial charge in [0, 0.05) is 10.2 Å². The minimum atomic E-state index is 0.0715. The highest BCUT2D eigenvalue weighted by atomic mass is 79.9. The molecule has 5 nitrogen and oxygen atoms in total. The maximum Gasteiger partial charge on any atom is 0.102 e. The van der Waals surface area contributed by atoms with Crippen molar-refractivity contribution < 1.29 is 5.11 Å². The van der Waals surface area contributed by atoms with E-state index in [1.54, 1.807) is 4.68 Å². The Morgan fingerprint density at radius 2 is 2.28 bits per heavy atom. The molecular weight excluding hydrogens is 296 g/mol. The number of benzene rings is 1. The molecule has 2 N–H and O–H groups in total. The van der Waals surface area contributed by atoms with Gasteiger partial charge in [0.05, 0.1) is 25.9 Å². The van der Waals surface area contributed by atoms with Gasteiger partial charge < -0.3 is 10.4 Å². The molecular formula is C12H15BrN4O. The van der Waals surface area contributed by atoms with Crippen molar-refractivity contribution in [3.05, 3.63) is 40.1 Å². The van der Waals surface area contributed by atoms with Crippen LogP contribution in [0.25, 0.3) is 0 Å². The number of anilines is 1. The Hall–Kier alpha value is -1.40. The van der Waals surface area contributed by atoms with Gasteiger partial charge in [-0.25, -0.2) is 4.68 Å². The Morgan fingerprint density at radius 1 is 1.44 bits per heavy atom. The molecule has 0 saturated heterocycles. The van der Waals surface area contributed by atoms with E-state index in [0.717, 1.165) is 15.9 Å². The van der Waals surface area contributed by atoms with Gasteiger partial charge in [0.15, 0.2) is 0 Å². The van der Waals surface area contributed by atoms with E-state index in [0.29, 0.717) is 13.1 Å². The first-order valence-electron chi connectivity index (χ1n) is 5.69. The molecule has 0 unspecified atom stereocenters. The zero-order valence-electron chi connectivity index (χ0n) is 10.1. The predicted octanol–water partition coefficient (Wildman–Crippen LogP) is 1.95. The van der Waals surface area contributed by atoms with Gasteiger partial charge >= 0.3 is 0 Å². The lowest BCUT2D eigenvalue weighted by atomic mass is 10.2. The fraction of sp³-hybridized carbons (Fsp3) is 0.333. The summed E-state index contributed by atoms with van der Waals surface area (Å²) in [7, 11) is 0. The maximum atomic E-state index is 8.79. The first-order chi connectivity index (χ1) is 8.69. The standard InChI is InChI=1S/C12H15BrN4O/c1-9-6-10(13)2-3-12(9)14-7-11-8-17(4-5-18)16-15-11/h2-3,6,8,14,18H,4-5,7H2,1H3. The number of aliphatic hydroxyl groups is 1. The van der Waals surface area contributed by atoms with Crippen molar-refractivity contribution in [1.82, 2.24) is 15.0 Å². The molecule has 2 aromatic rings. The highest BCUT2D eigenvalue weighted by Gasteiger charge is 2.02. The number of nitrogens with zero attached hydrogens (tertiary/aromatic N) is 3. The van der Waals surface area contributed by atoms with Crippen LogP contribution in [-0.2, 0) is 13.1 Å². The molecule has 0 amide bonds. The van der Waals surface area contributed by atoms with Crippen molar-refractivity contribution in [3.63, 3.8) is 0 Å². The van der Waals surface area contributed by atoms with Crippen molar-refractivity contribution >= 4 is 21.6 Å². The second-order valence-corrected chi connectivity index (χ2v) is 4.93. The molecule has 1 aromatic carbocycles. The van der Waals surface area contributed by atoms with Gasteiger partial charge in [-0.1, -0.05) is 21.1 Å². The largest absolute Gasteiger partial charge is 0.394 e. The van der Waals surface area contributed by atoms with Gasteiger partial charge in [-0.2, -0.15) is 0 Å². The summed E-state index contributed by atoms with van der Waals surface area (Å²) in [5.41, 5.74) is 3.10. The number of nitrogens with one attached hydrogen (secondary N) is 1. The summed E-state index contributed by atoms with van der Waals surface area (Å²) in [6, 6.07) is 6.08. The third kappa shape index (κ3) is 3.30. The highest BCUT2D eigenvalue weighted by Crippen LogP contribution is 2.20. The van der Waals surface area contributed by atoms with E-state index in [2.05, 4.69) is 44.5 Å². The van der Waals surface area contributed by atoms with Gasteiger partial charge in [-0.3, -0.25) is 0 Å². The SMILES string of the molecule is Cc1cc(Br)ccc1NCc1cn(CCO)nn1. The van der Waals surface area contributed by atoms with Crippen molar-refractivity contribution in [2.45, 2.75) is 20.0 Å². The summed E-state index contributed by atoms with van der Waals surface area (Å²) in [5, 5.41) is 20.0. The van der Waals surface area contributed by atoms with Crippen LogP contribution in [0.15, 0.2) is 28.9 Å². The van der Waals surface area contributed by atoms with Crippen LogP contribution in [0.3, 0.4) is 0 Å². The molecule has 0 aliphatic heterocycles. The van der Waals surface area contributed by atoms with Gasteiger partial charge in [-0.15, -0.1) is 5.10 Å². The fourth-order valence-corrected chi connectivity index (χ4v) is 2.12. The lowest BCUT2D eigenvalue weighted by Gasteiger charge is -2.07. The topological polar surface area (TPSA) is 63.0 Å². The number of rotatable bonds is 5. The second-order valence-electron chi connectivity index (χ2n) is 4.01. The van der Waals surface area contributed by atoms with Gasteiger partial charge in [0.25, 0.3) is 0 Å². The molecule has 2 rings (SSSR count). The number of halogens is 1. The van der Waals surface area contributed by atoms with E-state index in [9.17, 15) is 0 Å². The van der Waals surface area contributed by atoms with Crippen molar-refractivity contribution in [2.24, 2.45) is 0 Å². The Kier molecular flexibility index (Phi) is 4.33. The quantitative estimate of drug-likeness (QED) is 0.886. The predicted molar refractivity (Wildman–Crippen MR) is 73.3 cm³/mol. The number of aromatic nitrogens is 3. The molecule has 6 heteroatoms. The Morgan fingerprint density at radius 3 is 3.00 bits per heavy atom. The van der Waals surface area contributed by atoms with E-state index >= 15 is 0 Å². The molecule has 0 saturated carbocycles. The number of hydrogen-bond acceptors (Lipinski definition) is 4. The first-order valence-corrected chi connectivity index (χ1v) is 6.48. The summed E-state index contributed by atoms with van der Waals surface area (Å²) < 4.78 is 2.70. The molecule has 96 valence electrons. The fourth-order valence-electron chi connectivity index (χ4n) is 1.64. The van der Waals surface area contributed by atoms with E-state index in [1.165, 1.54) is 5.56 Å². The summed E-state index contributed by atoms with van der Waals surface area (Å²) in [6.45, 7) is 3.22. The lowest BCUT2D eigenvalue weighted by Crippen LogP contribution is -2.02. The van der Waals surface area contributed by atoms with Crippen molar-refractivity contribution in [2.75, 3.05) is 11.9 Å². The van der Waals surface area contributed by atoms with Crippen LogP contribution in [0.4, 0.5) is 5.69 Å². The van der Waals surface area contributed by atoms with E-state index in [-0.39, 0.29) is 6.61 Å². The van der Waals surface area contributed by atoms with Crippen LogP contribution < -0.4 is 5.32 Å². The third-order valence-corrected chi connectivity index (χ3v) is 3.06. The monoisotopic (exact) mass is 310 g/mol. The minimum absolute atomic E-state index is 0.0715. The van der Waals surface area contributed by atoms with Crippen LogP contribution in [-0.4, -0.2) is 26.7 Å². The Balaban J connectivity index is 1.97. The first kappa shape index (κ1) is 13.0. The molecule has 18 heavy (non-hydrogen) atoms. The van der Waals surface area contributed by atoms with Gasteiger partial charge in [0.2, 0.25) is 0 Å². The highest BCUT2D eigenvalue weighted by molar-refractivity contribution is 9.10. The molecule has 1 aromatic heterocycles. The van der Waals surface area contributed by atoms with E-state index < -0.39 is 0 Å². The van der Waals surface area contributed by atoms with Crippen LogP contribution >= 0.6 is 15.9 Å². The second kappa shape index (κ2) is 5.97. The van der Waals surface area contributed by atoms with Crippen molar-refractivity contribution in [3.8, 4) is 0 Å². The lowest BCUT2D eigenvalue weighted by molar-refractivity contribution is 0.268. The normalized spacial score (nSPS) is 10.6. The molecule has 0 atom stereocenters. The van der Waals surface area contributed by atoms with Crippen LogP contribution in [0, 0.1) is 6.92 Å². The van der Waals surface area contributed by atoms with Crippen LogP contribution in [0.1, 0.15) is 11.3 Å². The summed E-state index contributed by atoms with van der Waals surface area (Å²) in [4.78, 5) is 0. The average molecular weight is 311 g/mol. The van der Waals surface area contributed by atoms with Gasteiger partial charge in [0.1, 0.15) is 5.69 Å². The molecule has 1 heterocycles. The van der Waals surface area contributed by atoms with E-state index in [1.807, 2.05) is 18.3 Å². The van der Waals surface area contributed by atoms with E-state index in [4.69, 9.17) is 5.11 Å². The summed E-state index contributed by atoms with van der Waals surface area (Å²) >= 11 is 3.44. The molecule has 0 aliphatic carbocycles. The smallest absolute Gasteiger partial charge is 0.102 e. The Bertz CT molecular complexity index is 527. The minimum Gasteiger partial charge on any atom is -0.394 e. The summed E-state index contributed by atoms with van der Waals surface area (Å²) in [5.74, 6) is 0. The zero-order valence-corrected chi connectivity index (χ0v) is 11.7. The van der Waals surface area contributed by atoms with Crippen LogP contribution in [0.2, 0.25) is 0 Å². The molecule has 0 spiro atoms. The summed E-state index contributed by atoms with van der Waals surface area (Å²) in [6.07, 6.45) is 1.83. The Labute approximate surface area is 114 Å². The molecule has 0 radical (unpaired) electrons. The number of hydrogen-bond donors (Lipinski definition) is 2. The maximum absolute atomic E-state index is 8.79. The van der Waals surface area contributed by atoms with Crippen molar-refractivity contribution in [1.29, 1.82) is 0 Å². The molecule has 0 fully saturated rings. The number of aliphatic hydroxyl groups excluding tert-OH is 1. The average Bonchev–Trinajstić information content (AvgIpc) is 2.76. The number of aryl methyl sites for hydroxylation is 1. The zero-order chi connectivity index (χ0) is 13.0. The van der Waals surface area contributed by atoms with Crippen LogP contribution in [0.5, 0.6) is 0 Å².